The van der Waals surface area contributed by atoms with E-state index in [-0.39, 0.29) is 22.0 Å². The van der Waals surface area contributed by atoms with Gasteiger partial charge in [-0.2, -0.15) is 8.42 Å². The number of carbonyl (C=O) groups excluding carboxylic acids is 2. The number of hydroxylamine groups is 1. The zero-order valence-corrected chi connectivity index (χ0v) is 22.0. The summed E-state index contributed by atoms with van der Waals surface area (Å²) in [7, 11) is -4.06. The van der Waals surface area contributed by atoms with Gasteiger partial charge in [0.2, 0.25) is 5.91 Å². The van der Waals surface area contributed by atoms with Crippen LogP contribution in [0.3, 0.4) is 0 Å². The molecule has 0 N–H and O–H groups in total. The van der Waals surface area contributed by atoms with Gasteiger partial charge in [-0.3, -0.25) is 24.5 Å². The van der Waals surface area contributed by atoms with E-state index in [4.69, 9.17) is 9.02 Å². The highest BCUT2D eigenvalue weighted by atomic mass is 32.2. The number of benzene rings is 4. The Balaban J connectivity index is 1.33. The van der Waals surface area contributed by atoms with Gasteiger partial charge in [-0.15, -0.1) is 0 Å². The van der Waals surface area contributed by atoms with Crippen LogP contribution in [0.1, 0.15) is 11.6 Å². The van der Waals surface area contributed by atoms with Gasteiger partial charge in [0.1, 0.15) is 16.6 Å². The molecule has 0 bridgehead atoms. The Morgan fingerprint density at radius 1 is 0.756 bits per heavy atom. The molecule has 4 aromatic carbocycles. The molecule has 4 aromatic rings. The Hall–Kier alpha value is -5.07. The molecule has 2 heterocycles. The lowest BCUT2D eigenvalue weighted by molar-refractivity contribution is -0.384. The van der Waals surface area contributed by atoms with Crippen molar-refractivity contribution in [3.8, 4) is 5.75 Å². The zero-order valence-electron chi connectivity index (χ0n) is 21.1. The van der Waals surface area contributed by atoms with E-state index in [1.54, 1.807) is 54.6 Å². The lowest BCUT2D eigenvalue weighted by atomic mass is 9.90. The van der Waals surface area contributed by atoms with Crippen LogP contribution in [0.2, 0.25) is 0 Å². The second-order valence-corrected chi connectivity index (χ2v) is 10.9. The molecule has 0 unspecified atom stereocenters. The fraction of sp³-hybridized carbons (Fsp3) is 0.103. The molecule has 206 valence electrons. The van der Waals surface area contributed by atoms with Crippen molar-refractivity contribution in [3.05, 3.63) is 125 Å². The van der Waals surface area contributed by atoms with E-state index in [1.165, 1.54) is 53.6 Å². The van der Waals surface area contributed by atoms with Crippen molar-refractivity contribution in [2.75, 3.05) is 9.96 Å². The van der Waals surface area contributed by atoms with Crippen molar-refractivity contribution in [1.82, 2.24) is 0 Å². The number of para-hydroxylation sites is 1. The smallest absolute Gasteiger partial charge is 0.339 e. The zero-order chi connectivity index (χ0) is 28.7. The summed E-state index contributed by atoms with van der Waals surface area (Å²) in [6.07, 6.45) is -1.14. The maximum absolute atomic E-state index is 13.7. The van der Waals surface area contributed by atoms with Crippen LogP contribution in [0.4, 0.5) is 17.1 Å². The van der Waals surface area contributed by atoms with Crippen molar-refractivity contribution in [2.24, 2.45) is 5.92 Å². The molecule has 41 heavy (non-hydrogen) atoms. The summed E-state index contributed by atoms with van der Waals surface area (Å²) < 4.78 is 30.6. The van der Waals surface area contributed by atoms with Crippen molar-refractivity contribution < 1.29 is 32.0 Å². The number of hydrogen-bond acceptors (Lipinski definition) is 9. The Labute approximate surface area is 234 Å². The second kappa shape index (κ2) is 10.2. The minimum atomic E-state index is -4.06. The van der Waals surface area contributed by atoms with Crippen LogP contribution in [0, 0.1) is 16.0 Å². The number of nitro groups is 1. The van der Waals surface area contributed by atoms with Crippen molar-refractivity contribution >= 4 is 39.0 Å². The summed E-state index contributed by atoms with van der Waals surface area (Å²) in [5.41, 5.74) is 1.22. The molecule has 2 fully saturated rings. The lowest BCUT2D eigenvalue weighted by Crippen LogP contribution is -2.37. The molecule has 2 saturated heterocycles. The molecule has 11 nitrogen and oxygen atoms in total. The fourth-order valence-electron chi connectivity index (χ4n) is 5.01. The molecular weight excluding hydrogens is 550 g/mol. The van der Waals surface area contributed by atoms with E-state index >= 15 is 0 Å². The van der Waals surface area contributed by atoms with Gasteiger partial charge in [-0.1, -0.05) is 48.5 Å². The minimum absolute atomic E-state index is 0.00719. The van der Waals surface area contributed by atoms with E-state index in [9.17, 15) is 28.1 Å². The van der Waals surface area contributed by atoms with Gasteiger partial charge in [-0.05, 0) is 54.1 Å². The monoisotopic (exact) mass is 571 g/mol. The average molecular weight is 572 g/mol. The predicted octanol–water partition coefficient (Wildman–Crippen LogP) is 4.41. The number of anilines is 2. The van der Waals surface area contributed by atoms with E-state index in [0.29, 0.717) is 11.3 Å². The first-order chi connectivity index (χ1) is 19.7. The Morgan fingerprint density at radius 3 is 1.98 bits per heavy atom. The number of fused-ring (bicyclic) bond motifs is 1. The van der Waals surface area contributed by atoms with Gasteiger partial charge in [0.15, 0.2) is 6.10 Å². The molecule has 0 aromatic heterocycles. The van der Waals surface area contributed by atoms with E-state index in [0.717, 1.165) is 4.90 Å². The van der Waals surface area contributed by atoms with E-state index in [2.05, 4.69) is 0 Å². The van der Waals surface area contributed by atoms with Gasteiger partial charge in [0, 0.05) is 12.1 Å². The Kier molecular flexibility index (Phi) is 6.48. The molecule has 6 rings (SSSR count). The molecular formula is C29H21N3O8S. The molecule has 2 aliphatic heterocycles. The van der Waals surface area contributed by atoms with Crippen molar-refractivity contribution in [2.45, 2.75) is 17.0 Å². The van der Waals surface area contributed by atoms with Crippen molar-refractivity contribution in [1.29, 1.82) is 0 Å². The molecule has 0 radical (unpaired) electrons. The SMILES string of the molecule is O=C1[C@@H]2[C@@H](ON(c3ccccc3)[C@H]2c2ccc(OS(=O)(=O)c3ccccc3)cc2)C(=O)N1c1ccc([N+](=O)[O-])cc1. The maximum atomic E-state index is 13.7. The van der Waals surface area contributed by atoms with Crippen LogP contribution in [0.25, 0.3) is 0 Å². The van der Waals surface area contributed by atoms with Gasteiger partial charge in [-0.25, -0.2) is 9.96 Å². The standard InChI is InChI=1S/C29H21N3O8S/c33-28-25-26(19-11-17-23(18-12-19)40-41(37,38)24-9-5-2-6-10-24)31(21-7-3-1-4-8-21)39-27(25)29(34)30(28)20-13-15-22(16-14-20)32(35)36/h1-18,25-27H/t25-,26-,27+/m0/s1. The van der Waals surface area contributed by atoms with Gasteiger partial charge in [0.25, 0.3) is 11.6 Å². The second-order valence-electron chi connectivity index (χ2n) is 9.36. The minimum Gasteiger partial charge on any atom is -0.379 e. The van der Waals surface area contributed by atoms with Crippen LogP contribution < -0.4 is 14.1 Å². The average Bonchev–Trinajstić information content (AvgIpc) is 3.49. The van der Waals surface area contributed by atoms with Crippen LogP contribution in [0.15, 0.2) is 114 Å². The topological polar surface area (TPSA) is 136 Å². The fourth-order valence-corrected chi connectivity index (χ4v) is 5.96. The number of nitro benzene ring substituents is 1. The van der Waals surface area contributed by atoms with Crippen LogP contribution in [-0.4, -0.2) is 31.3 Å². The van der Waals surface area contributed by atoms with Crippen LogP contribution in [0.5, 0.6) is 5.75 Å². The first-order valence-electron chi connectivity index (χ1n) is 12.5. The summed E-state index contributed by atoms with van der Waals surface area (Å²) >= 11 is 0. The summed E-state index contributed by atoms with van der Waals surface area (Å²) in [5, 5.41) is 12.6. The maximum Gasteiger partial charge on any atom is 0.339 e. The highest BCUT2D eigenvalue weighted by molar-refractivity contribution is 7.87. The van der Waals surface area contributed by atoms with Crippen LogP contribution in [-0.2, 0) is 24.5 Å². The number of rotatable bonds is 7. The van der Waals surface area contributed by atoms with Gasteiger partial charge >= 0.3 is 10.1 Å². The van der Waals surface area contributed by atoms with Gasteiger partial charge in [0.05, 0.1) is 22.3 Å². The molecule has 0 aliphatic carbocycles. The summed E-state index contributed by atoms with van der Waals surface area (Å²) in [4.78, 5) is 44.8. The largest absolute Gasteiger partial charge is 0.379 e. The summed E-state index contributed by atoms with van der Waals surface area (Å²) in [5.74, 6) is -1.99. The van der Waals surface area contributed by atoms with Gasteiger partial charge < -0.3 is 4.18 Å². The number of nitrogens with zero attached hydrogens (tertiary/aromatic N) is 3. The first-order valence-corrected chi connectivity index (χ1v) is 13.9. The normalized spacial score (nSPS) is 20.2. The third-order valence-corrected chi connectivity index (χ3v) is 8.17. The third kappa shape index (κ3) is 4.68. The first kappa shape index (κ1) is 26.2. The highest BCUT2D eigenvalue weighted by Crippen LogP contribution is 2.47. The molecule has 2 aliphatic rings. The third-order valence-electron chi connectivity index (χ3n) is 6.90. The molecule has 2 amide bonds. The number of imide groups is 1. The van der Waals surface area contributed by atoms with E-state index in [1.807, 2.05) is 6.07 Å². The predicted molar refractivity (Wildman–Crippen MR) is 146 cm³/mol. The number of carbonyl (C=O) groups is 2. The number of non-ortho nitro benzene ring substituents is 1. The van der Waals surface area contributed by atoms with Crippen LogP contribution >= 0.6 is 0 Å². The van der Waals surface area contributed by atoms with E-state index < -0.39 is 44.9 Å². The Morgan fingerprint density at radius 2 is 1.37 bits per heavy atom. The van der Waals surface area contributed by atoms with Crippen molar-refractivity contribution in [3.63, 3.8) is 0 Å². The quantitative estimate of drug-likeness (QED) is 0.137. The number of amides is 2. The summed E-state index contributed by atoms with van der Waals surface area (Å²) in [6.45, 7) is 0. The molecule has 3 atom stereocenters. The Bertz CT molecular complexity index is 1730. The molecule has 12 heteroatoms. The molecule has 0 spiro atoms. The highest BCUT2D eigenvalue weighted by Gasteiger charge is 2.60. The molecule has 0 saturated carbocycles. The lowest BCUT2D eigenvalue weighted by Gasteiger charge is -2.28. The summed E-state index contributed by atoms with van der Waals surface area (Å²) in [6, 6.07) is 27.3. The number of hydrogen-bond donors (Lipinski definition) is 0.